The Morgan fingerprint density at radius 1 is 1.02 bits per heavy atom. The van der Waals surface area contributed by atoms with Gasteiger partial charge in [-0.25, -0.2) is 5.43 Å². The Morgan fingerprint density at radius 2 is 1.80 bits per heavy atom. The van der Waals surface area contributed by atoms with E-state index in [1.165, 1.54) is 6.21 Å². The largest absolute Gasteiger partial charge is 0.490 e. The molecule has 0 radical (unpaired) electrons. The van der Waals surface area contributed by atoms with Crippen LogP contribution in [0, 0.1) is 3.57 Å². The number of hydrogen-bond acceptors (Lipinski definition) is 8. The Hall–Kier alpha value is -4.04. The summed E-state index contributed by atoms with van der Waals surface area (Å²) in [6.45, 7) is 2.19. The molecule has 3 N–H and O–H groups in total. The van der Waals surface area contributed by atoms with E-state index in [2.05, 4.69) is 21.2 Å². The van der Waals surface area contributed by atoms with Crippen molar-refractivity contribution in [1.29, 1.82) is 0 Å². The van der Waals surface area contributed by atoms with Gasteiger partial charge in [0.25, 0.3) is 5.91 Å². The van der Waals surface area contributed by atoms with Gasteiger partial charge in [0.2, 0.25) is 6.79 Å². The van der Waals surface area contributed by atoms with Crippen molar-refractivity contribution >= 4 is 63.8 Å². The zero-order valence-corrected chi connectivity index (χ0v) is 24.1. The normalized spacial score (nSPS) is 11.7. The number of nitrogens with zero attached hydrogens (tertiary/aromatic N) is 1. The summed E-state index contributed by atoms with van der Waals surface area (Å²) in [5, 5.41) is 9.68. The van der Waals surface area contributed by atoms with Crippen molar-refractivity contribution in [2.75, 3.05) is 25.3 Å². The lowest BCUT2D eigenvalue weighted by molar-refractivity contribution is -0.139. The molecule has 0 aliphatic carbocycles. The number of hydrogen-bond donors (Lipinski definition) is 3. The van der Waals surface area contributed by atoms with Gasteiger partial charge < -0.3 is 29.6 Å². The van der Waals surface area contributed by atoms with Crippen LogP contribution >= 0.6 is 34.2 Å². The summed E-state index contributed by atoms with van der Waals surface area (Å²) in [7, 11) is 0. The third-order valence-electron chi connectivity index (χ3n) is 5.28. The van der Waals surface area contributed by atoms with Crippen LogP contribution in [0.25, 0.3) is 0 Å². The van der Waals surface area contributed by atoms with E-state index in [-0.39, 0.29) is 25.9 Å². The quantitative estimate of drug-likeness (QED) is 0.128. The monoisotopic (exact) mass is 678 g/mol. The van der Waals surface area contributed by atoms with Crippen molar-refractivity contribution in [3.05, 3.63) is 74.3 Å². The Labute approximate surface area is 248 Å². The third kappa shape index (κ3) is 7.99. The van der Waals surface area contributed by atoms with Crippen LogP contribution in [-0.2, 0) is 20.9 Å². The smallest absolute Gasteiger partial charge is 0.329 e. The van der Waals surface area contributed by atoms with Crippen LogP contribution < -0.4 is 35.0 Å². The van der Waals surface area contributed by atoms with Crippen molar-refractivity contribution in [3.8, 4) is 23.0 Å². The molecule has 3 aromatic carbocycles. The predicted molar refractivity (Wildman–Crippen MR) is 156 cm³/mol. The summed E-state index contributed by atoms with van der Waals surface area (Å²) in [6, 6.07) is 15.3. The molecule has 1 heterocycles. The summed E-state index contributed by atoms with van der Waals surface area (Å²) in [6.07, 6.45) is 1.37. The van der Waals surface area contributed by atoms with Crippen molar-refractivity contribution in [1.82, 2.24) is 10.7 Å². The average Bonchev–Trinajstić information content (AvgIpc) is 3.40. The molecule has 0 fully saturated rings. The SMILES string of the molecule is CCOc1cc(/C=N\NC(=O)C(=O)NCc2ccc3c(c2)OCO3)cc(I)c1OCC(=O)Nc1ccc(Cl)cc1. The van der Waals surface area contributed by atoms with Crippen molar-refractivity contribution in [3.63, 3.8) is 0 Å². The fourth-order valence-corrected chi connectivity index (χ4v) is 4.37. The number of rotatable bonds is 10. The van der Waals surface area contributed by atoms with Crippen LogP contribution in [-0.4, -0.2) is 43.9 Å². The summed E-state index contributed by atoms with van der Waals surface area (Å²) in [4.78, 5) is 36.6. The van der Waals surface area contributed by atoms with Gasteiger partial charge in [-0.3, -0.25) is 14.4 Å². The molecule has 1 aliphatic heterocycles. The first kappa shape index (κ1) is 29.0. The van der Waals surface area contributed by atoms with Crippen LogP contribution in [0.1, 0.15) is 18.1 Å². The number of carbonyl (C=O) groups is 3. The summed E-state index contributed by atoms with van der Waals surface area (Å²) < 4.78 is 22.6. The Balaban J connectivity index is 1.30. The van der Waals surface area contributed by atoms with E-state index in [1.807, 2.05) is 29.5 Å². The highest BCUT2D eigenvalue weighted by Gasteiger charge is 2.17. The zero-order valence-electron chi connectivity index (χ0n) is 21.2. The van der Waals surface area contributed by atoms with E-state index < -0.39 is 11.8 Å². The second-order valence-electron chi connectivity index (χ2n) is 8.18. The van der Waals surface area contributed by atoms with Crippen molar-refractivity contribution < 1.29 is 33.3 Å². The minimum Gasteiger partial charge on any atom is -0.490 e. The standard InChI is InChI=1S/C27H24ClIN4O7/c1-2-37-23-11-17(9-20(29)25(23)38-14-24(34)32-19-6-4-18(28)5-7-19)13-31-33-27(36)26(35)30-12-16-3-8-21-22(10-16)40-15-39-21/h3-11,13H,2,12,14-15H2,1H3,(H,30,35)(H,32,34)(H,33,36)/b31-13-. The van der Waals surface area contributed by atoms with Crippen molar-refractivity contribution in [2.24, 2.45) is 5.10 Å². The second-order valence-corrected chi connectivity index (χ2v) is 9.77. The van der Waals surface area contributed by atoms with Gasteiger partial charge in [0.15, 0.2) is 29.6 Å². The third-order valence-corrected chi connectivity index (χ3v) is 6.34. The number of anilines is 1. The molecule has 4 rings (SSSR count). The number of ether oxygens (including phenoxy) is 4. The van der Waals surface area contributed by atoms with Crippen LogP contribution in [0.3, 0.4) is 0 Å². The number of amides is 3. The first-order chi connectivity index (χ1) is 19.3. The molecular formula is C27H24ClIN4O7. The number of hydrazone groups is 1. The van der Waals surface area contributed by atoms with E-state index in [4.69, 9.17) is 30.5 Å². The van der Waals surface area contributed by atoms with E-state index in [0.717, 1.165) is 5.56 Å². The molecule has 40 heavy (non-hydrogen) atoms. The molecule has 0 saturated heterocycles. The number of nitrogens with one attached hydrogen (secondary N) is 3. The molecule has 208 valence electrons. The van der Waals surface area contributed by atoms with Crippen LogP contribution in [0.2, 0.25) is 5.02 Å². The fraction of sp³-hybridized carbons (Fsp3) is 0.185. The molecule has 0 atom stereocenters. The molecule has 0 saturated carbocycles. The molecular weight excluding hydrogens is 655 g/mol. The van der Waals surface area contributed by atoms with Gasteiger partial charge in [-0.05, 0) is 89.2 Å². The Morgan fingerprint density at radius 3 is 2.58 bits per heavy atom. The molecule has 3 amide bonds. The average molecular weight is 679 g/mol. The predicted octanol–water partition coefficient (Wildman–Crippen LogP) is 3.86. The second kappa shape index (κ2) is 13.8. The lowest BCUT2D eigenvalue weighted by Gasteiger charge is -2.14. The van der Waals surface area contributed by atoms with E-state index in [0.29, 0.717) is 49.4 Å². The zero-order chi connectivity index (χ0) is 28.5. The van der Waals surface area contributed by atoms with Gasteiger partial charge >= 0.3 is 11.8 Å². The fourth-order valence-electron chi connectivity index (χ4n) is 3.46. The molecule has 0 spiro atoms. The molecule has 11 nitrogen and oxygen atoms in total. The number of carbonyl (C=O) groups excluding carboxylic acids is 3. The minimum absolute atomic E-state index is 0.127. The minimum atomic E-state index is -0.927. The Kier molecular flexibility index (Phi) is 10.0. The molecule has 0 unspecified atom stereocenters. The summed E-state index contributed by atoms with van der Waals surface area (Å²) >= 11 is 7.92. The topological polar surface area (TPSA) is 137 Å². The van der Waals surface area contributed by atoms with Gasteiger partial charge in [-0.1, -0.05) is 17.7 Å². The number of halogens is 2. The van der Waals surface area contributed by atoms with Gasteiger partial charge in [-0.15, -0.1) is 0 Å². The molecule has 0 aromatic heterocycles. The van der Waals surface area contributed by atoms with Gasteiger partial charge in [0.1, 0.15) is 0 Å². The highest BCUT2D eigenvalue weighted by Crippen LogP contribution is 2.34. The van der Waals surface area contributed by atoms with Crippen LogP contribution in [0.15, 0.2) is 59.7 Å². The highest BCUT2D eigenvalue weighted by atomic mass is 127. The first-order valence-electron chi connectivity index (χ1n) is 12.0. The van der Waals surface area contributed by atoms with E-state index >= 15 is 0 Å². The maximum Gasteiger partial charge on any atom is 0.329 e. The lowest BCUT2D eigenvalue weighted by Crippen LogP contribution is -2.37. The molecule has 1 aliphatic rings. The van der Waals surface area contributed by atoms with Gasteiger partial charge in [-0.2, -0.15) is 5.10 Å². The summed E-state index contributed by atoms with van der Waals surface area (Å²) in [5.41, 5.74) is 4.11. The maximum absolute atomic E-state index is 12.3. The van der Waals surface area contributed by atoms with E-state index in [1.54, 1.807) is 54.6 Å². The summed E-state index contributed by atoms with van der Waals surface area (Å²) in [5.74, 6) is -0.141. The van der Waals surface area contributed by atoms with Gasteiger partial charge in [0.05, 0.1) is 16.4 Å². The van der Waals surface area contributed by atoms with Crippen LogP contribution in [0.5, 0.6) is 23.0 Å². The lowest BCUT2D eigenvalue weighted by atomic mass is 10.2. The Bertz CT molecular complexity index is 1430. The molecule has 13 heteroatoms. The van der Waals surface area contributed by atoms with E-state index in [9.17, 15) is 14.4 Å². The number of benzene rings is 3. The molecule has 3 aromatic rings. The maximum atomic E-state index is 12.3. The molecule has 0 bridgehead atoms. The van der Waals surface area contributed by atoms with Crippen molar-refractivity contribution in [2.45, 2.75) is 13.5 Å². The highest BCUT2D eigenvalue weighted by molar-refractivity contribution is 14.1. The van der Waals surface area contributed by atoms with Crippen LogP contribution in [0.4, 0.5) is 5.69 Å². The van der Waals surface area contributed by atoms with Gasteiger partial charge in [0, 0.05) is 17.3 Å². The number of fused-ring (bicyclic) bond motifs is 1. The first-order valence-corrected chi connectivity index (χ1v) is 13.4.